The van der Waals surface area contributed by atoms with E-state index in [4.69, 9.17) is 9.52 Å². The van der Waals surface area contributed by atoms with Crippen LogP contribution >= 0.6 is 0 Å². The molecule has 0 aliphatic heterocycles. The minimum Gasteiger partial charge on any atom is -0.481 e. The van der Waals surface area contributed by atoms with E-state index in [9.17, 15) is 14.9 Å². The Morgan fingerprint density at radius 2 is 2.19 bits per heavy atom. The molecule has 86 valence electrons. The smallest absolute Gasteiger partial charge is 0.433 e. The van der Waals surface area contributed by atoms with Crippen molar-refractivity contribution in [2.45, 2.75) is 19.8 Å². The maximum atomic E-state index is 10.9. The van der Waals surface area contributed by atoms with Crippen molar-refractivity contribution in [1.29, 1.82) is 0 Å². The summed E-state index contributed by atoms with van der Waals surface area (Å²) in [7, 11) is 0. The normalized spacial score (nSPS) is 26.4. The number of furan rings is 1. The van der Waals surface area contributed by atoms with Gasteiger partial charge < -0.3 is 9.52 Å². The minimum atomic E-state index is -0.894. The lowest BCUT2D eigenvalue weighted by atomic mass is 10.1. The Morgan fingerprint density at radius 1 is 1.56 bits per heavy atom. The summed E-state index contributed by atoms with van der Waals surface area (Å²) in [6.07, 6.45) is 0. The Kier molecular flexibility index (Phi) is 2.04. The van der Waals surface area contributed by atoms with Gasteiger partial charge in [0.05, 0.1) is 12.0 Å². The van der Waals surface area contributed by atoms with Gasteiger partial charge in [-0.2, -0.15) is 0 Å². The number of nitro groups is 1. The Morgan fingerprint density at radius 3 is 2.56 bits per heavy atom. The molecule has 6 heteroatoms. The molecule has 0 radical (unpaired) electrons. The van der Waals surface area contributed by atoms with Crippen LogP contribution in [0.25, 0.3) is 0 Å². The second kappa shape index (κ2) is 3.07. The number of hydrogen-bond acceptors (Lipinski definition) is 4. The van der Waals surface area contributed by atoms with E-state index in [-0.39, 0.29) is 11.8 Å². The van der Waals surface area contributed by atoms with Gasteiger partial charge in [0.1, 0.15) is 10.7 Å². The first-order valence-corrected chi connectivity index (χ1v) is 4.82. The van der Waals surface area contributed by atoms with E-state index < -0.39 is 22.2 Å². The number of hydrogen-bond donors (Lipinski definition) is 1. The van der Waals surface area contributed by atoms with Crippen LogP contribution in [0.4, 0.5) is 5.88 Å². The zero-order valence-corrected chi connectivity index (χ0v) is 8.84. The van der Waals surface area contributed by atoms with Gasteiger partial charge in [0, 0.05) is 5.92 Å². The van der Waals surface area contributed by atoms with Crippen molar-refractivity contribution >= 4 is 11.9 Å². The Labute approximate surface area is 91.0 Å². The Bertz CT molecular complexity index is 462. The van der Waals surface area contributed by atoms with Gasteiger partial charge in [0.15, 0.2) is 0 Å². The number of carbonyl (C=O) groups is 1. The molecular formula is C10H11NO5. The summed E-state index contributed by atoms with van der Waals surface area (Å²) in [6, 6.07) is 2.73. The summed E-state index contributed by atoms with van der Waals surface area (Å²) >= 11 is 0. The van der Waals surface area contributed by atoms with E-state index in [0.29, 0.717) is 5.76 Å². The van der Waals surface area contributed by atoms with Crippen LogP contribution in [-0.4, -0.2) is 16.0 Å². The number of rotatable bonds is 3. The Balaban J connectivity index is 2.27. The van der Waals surface area contributed by atoms with Crippen molar-refractivity contribution in [3.05, 3.63) is 28.0 Å². The monoisotopic (exact) mass is 225 g/mol. The minimum absolute atomic E-state index is 0.279. The molecule has 0 aromatic carbocycles. The van der Waals surface area contributed by atoms with Gasteiger partial charge in [-0.3, -0.25) is 14.9 Å². The van der Waals surface area contributed by atoms with E-state index >= 15 is 0 Å². The quantitative estimate of drug-likeness (QED) is 0.627. The van der Waals surface area contributed by atoms with Crippen molar-refractivity contribution in [2.24, 2.45) is 11.3 Å². The maximum absolute atomic E-state index is 10.9. The van der Waals surface area contributed by atoms with Crippen LogP contribution in [0.2, 0.25) is 0 Å². The Hall–Kier alpha value is -1.85. The average Bonchev–Trinajstić information content (AvgIpc) is 2.60. The van der Waals surface area contributed by atoms with Crippen molar-refractivity contribution in [1.82, 2.24) is 0 Å². The predicted molar refractivity (Wildman–Crippen MR) is 53.0 cm³/mol. The van der Waals surface area contributed by atoms with Gasteiger partial charge in [0.25, 0.3) is 0 Å². The van der Waals surface area contributed by atoms with Gasteiger partial charge in [0.2, 0.25) is 0 Å². The van der Waals surface area contributed by atoms with E-state index in [0.717, 1.165) is 0 Å². The third-order valence-corrected chi connectivity index (χ3v) is 3.19. The van der Waals surface area contributed by atoms with Gasteiger partial charge in [-0.15, -0.1) is 0 Å². The van der Waals surface area contributed by atoms with Crippen LogP contribution in [0.1, 0.15) is 25.5 Å². The van der Waals surface area contributed by atoms with Crippen LogP contribution in [0, 0.1) is 21.4 Å². The van der Waals surface area contributed by atoms with Crippen molar-refractivity contribution in [3.8, 4) is 0 Å². The standard InChI is InChI=1S/C10H11NO5/c1-10(2)7(8(10)9(12)13)5-3-4-6(16-5)11(14)15/h3-4,7-8H,1-2H3,(H,12,13)/t7-,8+/m1/s1. The van der Waals surface area contributed by atoms with Crippen molar-refractivity contribution < 1.29 is 19.2 Å². The second-order valence-corrected chi connectivity index (χ2v) is 4.55. The fourth-order valence-corrected chi connectivity index (χ4v) is 2.24. The molecule has 1 N–H and O–H groups in total. The molecule has 1 fully saturated rings. The van der Waals surface area contributed by atoms with Crippen LogP contribution in [0.15, 0.2) is 16.5 Å². The first-order valence-electron chi connectivity index (χ1n) is 4.82. The molecule has 1 saturated carbocycles. The van der Waals surface area contributed by atoms with Gasteiger partial charge in [-0.05, 0) is 11.5 Å². The highest BCUT2D eigenvalue weighted by atomic mass is 16.6. The molecule has 2 rings (SSSR count). The topological polar surface area (TPSA) is 93.6 Å². The largest absolute Gasteiger partial charge is 0.481 e. The highest BCUT2D eigenvalue weighted by Crippen LogP contribution is 2.64. The molecule has 0 saturated heterocycles. The molecule has 16 heavy (non-hydrogen) atoms. The van der Waals surface area contributed by atoms with Crippen LogP contribution < -0.4 is 0 Å². The highest BCUT2D eigenvalue weighted by molar-refractivity contribution is 5.77. The van der Waals surface area contributed by atoms with Gasteiger partial charge in [-0.1, -0.05) is 13.8 Å². The van der Waals surface area contributed by atoms with Crippen LogP contribution in [-0.2, 0) is 4.79 Å². The number of carboxylic acid groups (broad SMARTS) is 1. The molecule has 6 nitrogen and oxygen atoms in total. The molecule has 1 heterocycles. The van der Waals surface area contributed by atoms with E-state index in [1.165, 1.54) is 12.1 Å². The van der Waals surface area contributed by atoms with Gasteiger partial charge >= 0.3 is 11.9 Å². The zero-order chi connectivity index (χ0) is 12.1. The predicted octanol–water partition coefficient (Wildman–Crippen LogP) is 2.01. The fourth-order valence-electron chi connectivity index (χ4n) is 2.24. The summed E-state index contributed by atoms with van der Waals surface area (Å²) < 4.78 is 5.02. The van der Waals surface area contributed by atoms with E-state index in [2.05, 4.69) is 0 Å². The molecule has 0 unspecified atom stereocenters. The summed E-state index contributed by atoms with van der Waals surface area (Å²) in [6.45, 7) is 3.62. The number of carboxylic acids is 1. The SMILES string of the molecule is CC1(C)[C@H](C(=O)O)[C@H]1c1ccc([N+](=O)[O-])o1. The van der Waals surface area contributed by atoms with Gasteiger partial charge in [-0.25, -0.2) is 0 Å². The molecule has 1 aromatic heterocycles. The molecular weight excluding hydrogens is 214 g/mol. The zero-order valence-electron chi connectivity index (χ0n) is 8.84. The first kappa shape index (κ1) is 10.7. The first-order chi connectivity index (χ1) is 7.35. The maximum Gasteiger partial charge on any atom is 0.433 e. The van der Waals surface area contributed by atoms with E-state index in [1.54, 1.807) is 0 Å². The summed E-state index contributed by atoms with van der Waals surface area (Å²) in [5.74, 6) is -1.67. The third kappa shape index (κ3) is 1.37. The fraction of sp³-hybridized carbons (Fsp3) is 0.500. The molecule has 1 aromatic rings. The molecule has 0 amide bonds. The molecule has 2 atom stereocenters. The molecule has 0 spiro atoms. The van der Waals surface area contributed by atoms with Crippen molar-refractivity contribution in [3.63, 3.8) is 0 Å². The second-order valence-electron chi connectivity index (χ2n) is 4.55. The van der Waals surface area contributed by atoms with Crippen molar-refractivity contribution in [2.75, 3.05) is 0 Å². The molecule has 0 bridgehead atoms. The lowest BCUT2D eigenvalue weighted by Gasteiger charge is -1.97. The third-order valence-electron chi connectivity index (χ3n) is 3.19. The summed E-state index contributed by atoms with van der Waals surface area (Å²) in [4.78, 5) is 20.7. The number of nitrogens with zero attached hydrogens (tertiary/aromatic N) is 1. The summed E-state index contributed by atoms with van der Waals surface area (Å²) in [5.41, 5.74) is -0.405. The lowest BCUT2D eigenvalue weighted by Crippen LogP contribution is -2.02. The summed E-state index contributed by atoms with van der Waals surface area (Å²) in [5, 5.41) is 19.4. The lowest BCUT2D eigenvalue weighted by molar-refractivity contribution is -0.402. The average molecular weight is 225 g/mol. The molecule has 1 aliphatic rings. The van der Waals surface area contributed by atoms with Crippen LogP contribution in [0.3, 0.4) is 0 Å². The number of aliphatic carboxylic acids is 1. The molecule has 1 aliphatic carbocycles. The van der Waals surface area contributed by atoms with Crippen LogP contribution in [0.5, 0.6) is 0 Å². The van der Waals surface area contributed by atoms with E-state index in [1.807, 2.05) is 13.8 Å². The highest BCUT2D eigenvalue weighted by Gasteiger charge is 2.64.